The molecule has 0 radical (unpaired) electrons. The predicted molar refractivity (Wildman–Crippen MR) is 99.6 cm³/mol. The maximum atomic E-state index is 13.8. The number of hydrogen-bond donors (Lipinski definition) is 1. The van der Waals surface area contributed by atoms with Gasteiger partial charge in [-0.1, -0.05) is 18.2 Å². The zero-order valence-electron chi connectivity index (χ0n) is 15.5. The highest BCUT2D eigenvalue weighted by atomic mass is 19.1. The molecule has 0 aliphatic carbocycles. The number of benzene rings is 1. The molecule has 0 bridgehead atoms. The highest BCUT2D eigenvalue weighted by Crippen LogP contribution is 2.19. The van der Waals surface area contributed by atoms with Gasteiger partial charge in [-0.25, -0.2) is 4.39 Å². The highest BCUT2D eigenvalue weighted by molar-refractivity contribution is 5.92. The molecule has 5 nitrogen and oxygen atoms in total. The SMILES string of the molecule is Cc1cc(C(=O)N(C)C[C@H]2CCCN(CCc3ccccc3F)C2)n[nH]1. The van der Waals surface area contributed by atoms with E-state index in [2.05, 4.69) is 15.1 Å². The van der Waals surface area contributed by atoms with Crippen molar-refractivity contribution in [2.45, 2.75) is 26.2 Å². The third kappa shape index (κ3) is 4.69. The van der Waals surface area contributed by atoms with E-state index in [4.69, 9.17) is 0 Å². The summed E-state index contributed by atoms with van der Waals surface area (Å²) in [6.45, 7) is 5.46. The summed E-state index contributed by atoms with van der Waals surface area (Å²) in [6.07, 6.45) is 2.96. The largest absolute Gasteiger partial charge is 0.340 e. The van der Waals surface area contributed by atoms with Crippen molar-refractivity contribution in [1.29, 1.82) is 0 Å². The van der Waals surface area contributed by atoms with E-state index in [0.29, 0.717) is 11.6 Å². The number of hydrogen-bond acceptors (Lipinski definition) is 3. The molecule has 1 aromatic heterocycles. The second kappa shape index (κ2) is 8.45. The number of H-pyrrole nitrogens is 1. The smallest absolute Gasteiger partial charge is 0.274 e. The van der Waals surface area contributed by atoms with Crippen LogP contribution in [0.5, 0.6) is 0 Å². The van der Waals surface area contributed by atoms with Gasteiger partial charge in [0, 0.05) is 32.4 Å². The van der Waals surface area contributed by atoms with Gasteiger partial charge >= 0.3 is 0 Å². The molecule has 1 atom stereocenters. The standard InChI is InChI=1S/C20H27FN4O/c1-15-12-19(23-22-15)20(26)24(2)13-16-6-5-10-25(14-16)11-9-17-7-3-4-8-18(17)21/h3-4,7-8,12,16H,5-6,9-11,13-14H2,1-2H3,(H,22,23)/t16-/m1/s1. The predicted octanol–water partition coefficient (Wildman–Crippen LogP) is 2.88. The van der Waals surface area contributed by atoms with Crippen LogP contribution in [0.15, 0.2) is 30.3 Å². The van der Waals surface area contributed by atoms with Crippen LogP contribution in [0.4, 0.5) is 4.39 Å². The van der Waals surface area contributed by atoms with E-state index in [1.807, 2.05) is 26.1 Å². The van der Waals surface area contributed by atoms with Gasteiger partial charge < -0.3 is 9.80 Å². The average Bonchev–Trinajstić information content (AvgIpc) is 3.07. The fourth-order valence-corrected chi connectivity index (χ4v) is 3.68. The molecule has 6 heteroatoms. The van der Waals surface area contributed by atoms with E-state index < -0.39 is 0 Å². The number of nitrogens with zero attached hydrogens (tertiary/aromatic N) is 3. The van der Waals surface area contributed by atoms with Crippen LogP contribution in [0.3, 0.4) is 0 Å². The Morgan fingerprint density at radius 1 is 1.42 bits per heavy atom. The minimum Gasteiger partial charge on any atom is -0.340 e. The summed E-state index contributed by atoms with van der Waals surface area (Å²) < 4.78 is 13.8. The monoisotopic (exact) mass is 358 g/mol. The molecule has 2 aromatic rings. The molecule has 140 valence electrons. The highest BCUT2D eigenvalue weighted by Gasteiger charge is 2.24. The lowest BCUT2D eigenvalue weighted by atomic mass is 9.97. The van der Waals surface area contributed by atoms with Crippen LogP contribution in [0, 0.1) is 18.7 Å². The van der Waals surface area contributed by atoms with Gasteiger partial charge in [0.25, 0.3) is 5.91 Å². The fraction of sp³-hybridized carbons (Fsp3) is 0.500. The number of rotatable bonds is 6. The minimum absolute atomic E-state index is 0.0437. The minimum atomic E-state index is -0.124. The zero-order chi connectivity index (χ0) is 18.5. The number of amides is 1. The van der Waals surface area contributed by atoms with Gasteiger partial charge in [-0.2, -0.15) is 5.10 Å². The van der Waals surface area contributed by atoms with Gasteiger partial charge in [-0.05, 0) is 56.3 Å². The third-order valence-corrected chi connectivity index (χ3v) is 5.06. The number of nitrogens with one attached hydrogen (secondary N) is 1. The Hall–Kier alpha value is -2.21. The van der Waals surface area contributed by atoms with Gasteiger partial charge in [0.15, 0.2) is 0 Å². The zero-order valence-corrected chi connectivity index (χ0v) is 15.5. The van der Waals surface area contributed by atoms with Crippen LogP contribution in [0.2, 0.25) is 0 Å². The first-order valence-corrected chi connectivity index (χ1v) is 9.26. The first-order valence-electron chi connectivity index (χ1n) is 9.26. The lowest BCUT2D eigenvalue weighted by Crippen LogP contribution is -2.42. The first-order chi connectivity index (χ1) is 12.5. The molecule has 1 fully saturated rings. The van der Waals surface area contributed by atoms with Crippen molar-refractivity contribution in [3.05, 3.63) is 53.1 Å². The van der Waals surface area contributed by atoms with Crippen LogP contribution in [-0.2, 0) is 6.42 Å². The van der Waals surface area contributed by atoms with Crippen molar-refractivity contribution in [2.24, 2.45) is 5.92 Å². The average molecular weight is 358 g/mol. The Balaban J connectivity index is 1.50. The number of aromatic amines is 1. The Bertz CT molecular complexity index is 745. The number of aryl methyl sites for hydroxylation is 1. The van der Waals surface area contributed by atoms with E-state index in [9.17, 15) is 9.18 Å². The summed E-state index contributed by atoms with van der Waals surface area (Å²) in [7, 11) is 1.84. The number of carbonyl (C=O) groups excluding carboxylic acids is 1. The lowest BCUT2D eigenvalue weighted by Gasteiger charge is -2.34. The van der Waals surface area contributed by atoms with Crippen molar-refractivity contribution in [1.82, 2.24) is 20.0 Å². The van der Waals surface area contributed by atoms with Crippen LogP contribution in [0.25, 0.3) is 0 Å². The Kier molecular flexibility index (Phi) is 6.04. The number of halogens is 1. The van der Waals surface area contributed by atoms with E-state index in [-0.39, 0.29) is 11.7 Å². The number of carbonyl (C=O) groups is 1. The Labute approximate surface area is 154 Å². The van der Waals surface area contributed by atoms with Gasteiger partial charge in [0.2, 0.25) is 0 Å². The lowest BCUT2D eigenvalue weighted by molar-refractivity contribution is 0.0724. The molecule has 2 heterocycles. The van der Waals surface area contributed by atoms with Gasteiger partial charge in [-0.3, -0.25) is 9.89 Å². The maximum absolute atomic E-state index is 13.8. The summed E-state index contributed by atoms with van der Waals surface area (Å²) in [5.41, 5.74) is 2.13. The van der Waals surface area contributed by atoms with Crippen molar-refractivity contribution < 1.29 is 9.18 Å². The molecule has 3 rings (SSSR count). The molecule has 1 saturated heterocycles. The molecule has 26 heavy (non-hydrogen) atoms. The van der Waals surface area contributed by atoms with E-state index >= 15 is 0 Å². The molecular formula is C20H27FN4O. The Morgan fingerprint density at radius 3 is 2.96 bits per heavy atom. The normalized spacial score (nSPS) is 18.0. The summed E-state index contributed by atoms with van der Waals surface area (Å²) in [5, 5.41) is 6.87. The van der Waals surface area contributed by atoms with Crippen molar-refractivity contribution in [2.75, 3.05) is 33.2 Å². The van der Waals surface area contributed by atoms with Gasteiger partial charge in [0.05, 0.1) is 0 Å². The molecule has 0 saturated carbocycles. The molecule has 1 amide bonds. The van der Waals surface area contributed by atoms with Crippen molar-refractivity contribution >= 4 is 5.91 Å². The molecule has 1 aromatic carbocycles. The first kappa shape index (κ1) is 18.6. The van der Waals surface area contributed by atoms with Crippen LogP contribution >= 0.6 is 0 Å². The third-order valence-electron chi connectivity index (χ3n) is 5.06. The van der Waals surface area contributed by atoms with E-state index in [0.717, 1.165) is 56.7 Å². The fourth-order valence-electron chi connectivity index (χ4n) is 3.68. The summed E-state index contributed by atoms with van der Waals surface area (Å²) in [5.74, 6) is 0.275. The second-order valence-electron chi connectivity index (χ2n) is 7.27. The van der Waals surface area contributed by atoms with E-state index in [1.54, 1.807) is 17.0 Å². The van der Waals surface area contributed by atoms with Crippen molar-refractivity contribution in [3.8, 4) is 0 Å². The molecule has 0 spiro atoms. The molecule has 0 unspecified atom stereocenters. The van der Waals surface area contributed by atoms with Crippen molar-refractivity contribution in [3.63, 3.8) is 0 Å². The summed E-state index contributed by atoms with van der Waals surface area (Å²) >= 11 is 0. The van der Waals surface area contributed by atoms with Gasteiger partial charge in [0.1, 0.15) is 11.5 Å². The molecular weight excluding hydrogens is 331 g/mol. The topological polar surface area (TPSA) is 52.2 Å². The second-order valence-corrected chi connectivity index (χ2v) is 7.27. The molecule has 1 aliphatic heterocycles. The molecule has 1 aliphatic rings. The number of aromatic nitrogens is 2. The van der Waals surface area contributed by atoms with Crippen LogP contribution in [0.1, 0.15) is 34.6 Å². The summed E-state index contributed by atoms with van der Waals surface area (Å²) in [6, 6.07) is 8.76. The van der Waals surface area contributed by atoms with Crippen LogP contribution in [-0.4, -0.2) is 59.1 Å². The summed E-state index contributed by atoms with van der Waals surface area (Å²) in [4.78, 5) is 16.6. The number of piperidine rings is 1. The quantitative estimate of drug-likeness (QED) is 0.864. The number of likely N-dealkylation sites (tertiary alicyclic amines) is 1. The van der Waals surface area contributed by atoms with Crippen LogP contribution < -0.4 is 0 Å². The van der Waals surface area contributed by atoms with Gasteiger partial charge in [-0.15, -0.1) is 0 Å². The maximum Gasteiger partial charge on any atom is 0.274 e. The molecule has 1 N–H and O–H groups in total. The Morgan fingerprint density at radius 2 is 2.23 bits per heavy atom. The van der Waals surface area contributed by atoms with E-state index in [1.165, 1.54) is 6.07 Å².